The van der Waals surface area contributed by atoms with Crippen molar-refractivity contribution in [3.8, 4) is 11.3 Å². The molecule has 0 unspecified atom stereocenters. The lowest BCUT2D eigenvalue weighted by Gasteiger charge is -2.04. The van der Waals surface area contributed by atoms with Crippen molar-refractivity contribution in [2.24, 2.45) is 0 Å². The lowest BCUT2D eigenvalue weighted by molar-refractivity contribution is -0.114. The maximum atomic E-state index is 12.4. The first-order chi connectivity index (χ1) is 12.4. The zero-order valence-electron chi connectivity index (χ0n) is 14.8. The predicted octanol–water partition coefficient (Wildman–Crippen LogP) is 4.64. The third-order valence-corrected chi connectivity index (χ3v) is 4.70. The number of nitrogens with zero attached hydrogens (tertiary/aromatic N) is 1. The molecule has 0 spiro atoms. The molecule has 0 aliphatic carbocycles. The van der Waals surface area contributed by atoms with Gasteiger partial charge in [0.2, 0.25) is 5.91 Å². The van der Waals surface area contributed by atoms with Crippen molar-refractivity contribution < 1.29 is 9.59 Å². The molecule has 0 aliphatic rings. The molecule has 26 heavy (non-hydrogen) atoms. The van der Waals surface area contributed by atoms with Crippen LogP contribution in [0.15, 0.2) is 48.5 Å². The molecule has 2 aromatic carbocycles. The van der Waals surface area contributed by atoms with Crippen molar-refractivity contribution in [1.82, 2.24) is 4.98 Å². The molecule has 3 rings (SSSR count). The fourth-order valence-corrected chi connectivity index (χ4v) is 3.34. The van der Waals surface area contributed by atoms with Crippen LogP contribution in [0.25, 0.3) is 11.3 Å². The monoisotopic (exact) mass is 365 g/mol. The fraction of sp³-hybridized carbons (Fsp3) is 0.150. The lowest BCUT2D eigenvalue weighted by atomic mass is 10.1. The van der Waals surface area contributed by atoms with E-state index in [-0.39, 0.29) is 11.8 Å². The Balaban J connectivity index is 1.74. The Kier molecular flexibility index (Phi) is 5.14. The van der Waals surface area contributed by atoms with E-state index in [9.17, 15) is 9.59 Å². The van der Waals surface area contributed by atoms with Crippen LogP contribution in [-0.2, 0) is 4.79 Å². The van der Waals surface area contributed by atoms with Gasteiger partial charge < -0.3 is 5.32 Å². The predicted molar refractivity (Wildman–Crippen MR) is 106 cm³/mol. The van der Waals surface area contributed by atoms with E-state index in [1.165, 1.54) is 23.8 Å². The number of amides is 2. The number of nitrogens with one attached hydrogen (secondary N) is 2. The Bertz CT molecular complexity index is 944. The van der Waals surface area contributed by atoms with Gasteiger partial charge in [-0.25, -0.2) is 4.98 Å². The highest BCUT2D eigenvalue weighted by Gasteiger charge is 2.13. The Labute approximate surface area is 156 Å². The maximum absolute atomic E-state index is 12.4. The van der Waals surface area contributed by atoms with Gasteiger partial charge in [-0.15, -0.1) is 11.3 Å². The number of rotatable bonds is 4. The van der Waals surface area contributed by atoms with Gasteiger partial charge in [0.1, 0.15) is 0 Å². The Morgan fingerprint density at radius 2 is 1.58 bits per heavy atom. The van der Waals surface area contributed by atoms with Crippen molar-refractivity contribution in [1.29, 1.82) is 0 Å². The van der Waals surface area contributed by atoms with Crippen molar-refractivity contribution in [3.63, 3.8) is 0 Å². The van der Waals surface area contributed by atoms with E-state index in [1.807, 2.05) is 38.1 Å². The zero-order valence-corrected chi connectivity index (χ0v) is 15.6. The van der Waals surface area contributed by atoms with Gasteiger partial charge in [-0.2, -0.15) is 0 Å². The number of benzene rings is 2. The number of anilines is 2. The molecule has 5 nitrogen and oxygen atoms in total. The molecule has 0 fully saturated rings. The van der Waals surface area contributed by atoms with Crippen LogP contribution in [0.2, 0.25) is 0 Å². The number of thiazole rings is 1. The van der Waals surface area contributed by atoms with Gasteiger partial charge >= 0.3 is 0 Å². The molecule has 2 N–H and O–H groups in total. The maximum Gasteiger partial charge on any atom is 0.257 e. The Hall–Kier alpha value is -2.99. The minimum absolute atomic E-state index is 0.149. The highest BCUT2D eigenvalue weighted by molar-refractivity contribution is 7.16. The number of aromatic nitrogens is 1. The molecule has 0 aliphatic heterocycles. The molecule has 0 saturated heterocycles. The van der Waals surface area contributed by atoms with Crippen molar-refractivity contribution >= 4 is 34.0 Å². The fourth-order valence-electron chi connectivity index (χ4n) is 2.51. The molecule has 0 radical (unpaired) electrons. The average Bonchev–Trinajstić information content (AvgIpc) is 2.96. The first-order valence-electron chi connectivity index (χ1n) is 8.16. The normalized spacial score (nSPS) is 10.4. The van der Waals surface area contributed by atoms with Crippen molar-refractivity contribution in [3.05, 3.63) is 64.5 Å². The van der Waals surface area contributed by atoms with Gasteiger partial charge in [-0.1, -0.05) is 29.8 Å². The number of hydrogen-bond acceptors (Lipinski definition) is 4. The van der Waals surface area contributed by atoms with Gasteiger partial charge in [0.15, 0.2) is 5.13 Å². The van der Waals surface area contributed by atoms with E-state index in [1.54, 1.807) is 24.3 Å². The number of aryl methyl sites for hydroxylation is 2. The lowest BCUT2D eigenvalue weighted by Crippen LogP contribution is -2.12. The van der Waals surface area contributed by atoms with E-state index in [4.69, 9.17) is 0 Å². The molecule has 0 bridgehead atoms. The summed E-state index contributed by atoms with van der Waals surface area (Å²) in [6.07, 6.45) is 0. The van der Waals surface area contributed by atoms with Crippen LogP contribution in [0, 0.1) is 13.8 Å². The molecule has 1 aromatic heterocycles. The molecule has 3 aromatic rings. The summed E-state index contributed by atoms with van der Waals surface area (Å²) in [5, 5.41) is 6.08. The van der Waals surface area contributed by atoms with Crippen LogP contribution in [0.3, 0.4) is 0 Å². The standard InChI is InChI=1S/C20H19N3O2S/c1-12-4-6-15(7-5-12)18-13(2)26-20(22-18)23-19(25)16-8-10-17(11-9-16)21-14(3)24/h4-11H,1-3H3,(H,21,24)(H,22,23,25). The quantitative estimate of drug-likeness (QED) is 0.708. The summed E-state index contributed by atoms with van der Waals surface area (Å²) in [5.74, 6) is -0.382. The summed E-state index contributed by atoms with van der Waals surface area (Å²) in [4.78, 5) is 29.1. The number of hydrogen-bond donors (Lipinski definition) is 2. The highest BCUT2D eigenvalue weighted by Crippen LogP contribution is 2.30. The van der Waals surface area contributed by atoms with E-state index < -0.39 is 0 Å². The molecule has 0 atom stereocenters. The summed E-state index contributed by atoms with van der Waals surface area (Å²) in [6.45, 7) is 5.47. The first-order valence-corrected chi connectivity index (χ1v) is 8.97. The third kappa shape index (κ3) is 4.15. The summed E-state index contributed by atoms with van der Waals surface area (Å²) in [6, 6.07) is 14.9. The smallest absolute Gasteiger partial charge is 0.257 e. The molecule has 2 amide bonds. The second-order valence-electron chi connectivity index (χ2n) is 6.00. The largest absolute Gasteiger partial charge is 0.326 e. The van der Waals surface area contributed by atoms with Crippen LogP contribution >= 0.6 is 11.3 Å². The molecule has 1 heterocycles. The minimum Gasteiger partial charge on any atom is -0.326 e. The molecule has 6 heteroatoms. The van der Waals surface area contributed by atoms with Gasteiger partial charge in [0.25, 0.3) is 5.91 Å². The first kappa shape index (κ1) is 17.8. The van der Waals surface area contributed by atoms with E-state index in [0.717, 1.165) is 16.1 Å². The van der Waals surface area contributed by atoms with Crippen molar-refractivity contribution in [2.75, 3.05) is 10.6 Å². The number of carbonyl (C=O) groups excluding carboxylic acids is 2. The number of carbonyl (C=O) groups is 2. The molecular weight excluding hydrogens is 346 g/mol. The zero-order chi connectivity index (χ0) is 18.7. The molecule has 132 valence electrons. The van der Waals surface area contributed by atoms with Crippen LogP contribution in [0.1, 0.15) is 27.7 Å². The topological polar surface area (TPSA) is 71.1 Å². The Morgan fingerprint density at radius 1 is 0.923 bits per heavy atom. The van der Waals surface area contributed by atoms with Gasteiger partial charge in [0.05, 0.1) is 5.69 Å². The summed E-state index contributed by atoms with van der Waals surface area (Å²) < 4.78 is 0. The second kappa shape index (κ2) is 7.49. The van der Waals surface area contributed by atoms with E-state index in [0.29, 0.717) is 16.4 Å². The van der Waals surface area contributed by atoms with Gasteiger partial charge in [-0.05, 0) is 38.1 Å². The SMILES string of the molecule is CC(=O)Nc1ccc(C(=O)Nc2nc(-c3ccc(C)cc3)c(C)s2)cc1. The minimum atomic E-state index is -0.233. The van der Waals surface area contributed by atoms with Crippen LogP contribution in [0.4, 0.5) is 10.8 Å². The molecule has 0 saturated carbocycles. The summed E-state index contributed by atoms with van der Waals surface area (Å²) in [5.41, 5.74) is 4.26. The third-order valence-electron chi connectivity index (χ3n) is 3.81. The summed E-state index contributed by atoms with van der Waals surface area (Å²) in [7, 11) is 0. The average molecular weight is 365 g/mol. The van der Waals surface area contributed by atoms with Crippen LogP contribution in [-0.4, -0.2) is 16.8 Å². The van der Waals surface area contributed by atoms with Crippen molar-refractivity contribution in [2.45, 2.75) is 20.8 Å². The van der Waals surface area contributed by atoms with Crippen LogP contribution in [0.5, 0.6) is 0 Å². The van der Waals surface area contributed by atoms with E-state index >= 15 is 0 Å². The van der Waals surface area contributed by atoms with Gasteiger partial charge in [0, 0.05) is 28.6 Å². The second-order valence-corrected chi connectivity index (χ2v) is 7.21. The molecular formula is C20H19N3O2S. The van der Waals surface area contributed by atoms with Gasteiger partial charge in [-0.3, -0.25) is 14.9 Å². The van der Waals surface area contributed by atoms with Crippen LogP contribution < -0.4 is 10.6 Å². The highest BCUT2D eigenvalue weighted by atomic mass is 32.1. The summed E-state index contributed by atoms with van der Waals surface area (Å²) >= 11 is 1.45. The van der Waals surface area contributed by atoms with E-state index in [2.05, 4.69) is 15.6 Å². The Morgan fingerprint density at radius 3 is 2.19 bits per heavy atom.